The standard InChI is InChI=1S/C12H20O4/c1-8(10-3-4-10)5-9(6-11(13)14)7-12(15)16-2/h8-10H,3-7H2,1-2H3,(H,13,14). The number of methoxy groups -OCH3 is 1. The molecule has 92 valence electrons. The lowest BCUT2D eigenvalue weighted by Crippen LogP contribution is -2.17. The molecule has 2 atom stereocenters. The Kier molecular flexibility index (Phi) is 4.77. The van der Waals surface area contributed by atoms with E-state index in [2.05, 4.69) is 11.7 Å². The van der Waals surface area contributed by atoms with Crippen LogP contribution in [0.5, 0.6) is 0 Å². The van der Waals surface area contributed by atoms with Gasteiger partial charge in [0, 0.05) is 12.8 Å². The fourth-order valence-electron chi connectivity index (χ4n) is 2.19. The van der Waals surface area contributed by atoms with Crippen LogP contribution in [0, 0.1) is 17.8 Å². The van der Waals surface area contributed by atoms with Crippen LogP contribution in [-0.4, -0.2) is 24.2 Å². The highest BCUT2D eigenvalue weighted by Crippen LogP contribution is 2.40. The molecule has 0 spiro atoms. The summed E-state index contributed by atoms with van der Waals surface area (Å²) in [6.07, 6.45) is 3.59. The van der Waals surface area contributed by atoms with E-state index in [-0.39, 0.29) is 24.7 Å². The van der Waals surface area contributed by atoms with Crippen LogP contribution >= 0.6 is 0 Å². The Morgan fingerprint density at radius 1 is 1.38 bits per heavy atom. The first-order valence-electron chi connectivity index (χ1n) is 5.81. The van der Waals surface area contributed by atoms with Crippen molar-refractivity contribution in [1.29, 1.82) is 0 Å². The van der Waals surface area contributed by atoms with E-state index in [4.69, 9.17) is 5.11 Å². The predicted molar refractivity (Wildman–Crippen MR) is 58.9 cm³/mol. The summed E-state index contributed by atoms with van der Waals surface area (Å²) in [4.78, 5) is 21.8. The summed E-state index contributed by atoms with van der Waals surface area (Å²) < 4.78 is 4.59. The zero-order valence-electron chi connectivity index (χ0n) is 9.94. The van der Waals surface area contributed by atoms with Crippen molar-refractivity contribution in [1.82, 2.24) is 0 Å². The Bertz CT molecular complexity index is 258. The summed E-state index contributed by atoms with van der Waals surface area (Å²) in [6.45, 7) is 2.14. The van der Waals surface area contributed by atoms with Crippen molar-refractivity contribution in [3.8, 4) is 0 Å². The molecule has 2 unspecified atom stereocenters. The Morgan fingerprint density at radius 3 is 2.44 bits per heavy atom. The van der Waals surface area contributed by atoms with Gasteiger partial charge in [0.25, 0.3) is 0 Å². The van der Waals surface area contributed by atoms with Gasteiger partial charge in [0.1, 0.15) is 0 Å². The highest BCUT2D eigenvalue weighted by Gasteiger charge is 2.30. The molecule has 1 rings (SSSR count). The van der Waals surface area contributed by atoms with Crippen molar-refractivity contribution in [2.24, 2.45) is 17.8 Å². The molecule has 0 saturated heterocycles. The normalized spacial score (nSPS) is 18.9. The maximum absolute atomic E-state index is 11.2. The van der Waals surface area contributed by atoms with E-state index in [0.717, 1.165) is 12.3 Å². The second kappa shape index (κ2) is 5.87. The summed E-state index contributed by atoms with van der Waals surface area (Å²) in [5.41, 5.74) is 0. The highest BCUT2D eigenvalue weighted by molar-refractivity contribution is 5.72. The molecule has 1 N–H and O–H groups in total. The molecule has 16 heavy (non-hydrogen) atoms. The van der Waals surface area contributed by atoms with Crippen LogP contribution in [0.25, 0.3) is 0 Å². The van der Waals surface area contributed by atoms with Gasteiger partial charge in [-0.15, -0.1) is 0 Å². The summed E-state index contributed by atoms with van der Waals surface area (Å²) in [5.74, 6) is 0.0367. The van der Waals surface area contributed by atoms with Gasteiger partial charge in [-0.2, -0.15) is 0 Å². The maximum Gasteiger partial charge on any atom is 0.305 e. The molecule has 0 aliphatic heterocycles. The second-order valence-electron chi connectivity index (χ2n) is 4.79. The van der Waals surface area contributed by atoms with Crippen LogP contribution in [0.2, 0.25) is 0 Å². The quantitative estimate of drug-likeness (QED) is 0.677. The molecule has 0 radical (unpaired) electrons. The topological polar surface area (TPSA) is 63.6 Å². The molecule has 1 fully saturated rings. The van der Waals surface area contributed by atoms with Gasteiger partial charge in [0.2, 0.25) is 0 Å². The van der Waals surface area contributed by atoms with E-state index in [1.807, 2.05) is 0 Å². The third-order valence-electron chi connectivity index (χ3n) is 3.28. The van der Waals surface area contributed by atoms with Crippen molar-refractivity contribution < 1.29 is 19.4 Å². The third-order valence-corrected chi connectivity index (χ3v) is 3.28. The first kappa shape index (κ1) is 13.0. The number of hydrogen-bond acceptors (Lipinski definition) is 3. The molecule has 0 aromatic rings. The molecule has 0 aromatic heterocycles. The molecule has 4 heteroatoms. The molecular weight excluding hydrogens is 208 g/mol. The average molecular weight is 228 g/mol. The van der Waals surface area contributed by atoms with Gasteiger partial charge in [0.05, 0.1) is 7.11 Å². The minimum atomic E-state index is -0.836. The molecule has 0 heterocycles. The largest absolute Gasteiger partial charge is 0.481 e. The van der Waals surface area contributed by atoms with Crippen LogP contribution in [0.3, 0.4) is 0 Å². The first-order valence-corrected chi connectivity index (χ1v) is 5.81. The number of carbonyl (C=O) groups excluding carboxylic acids is 1. The van der Waals surface area contributed by atoms with Gasteiger partial charge < -0.3 is 9.84 Å². The maximum atomic E-state index is 11.2. The SMILES string of the molecule is COC(=O)CC(CC(=O)O)CC(C)C1CC1. The molecule has 1 saturated carbocycles. The van der Waals surface area contributed by atoms with Crippen LogP contribution < -0.4 is 0 Å². The van der Waals surface area contributed by atoms with Crippen LogP contribution in [0.15, 0.2) is 0 Å². The van der Waals surface area contributed by atoms with Crippen molar-refractivity contribution in [2.45, 2.75) is 39.0 Å². The van der Waals surface area contributed by atoms with Gasteiger partial charge in [0.15, 0.2) is 0 Å². The minimum Gasteiger partial charge on any atom is -0.481 e. The third kappa shape index (κ3) is 4.64. The van der Waals surface area contributed by atoms with Crippen molar-refractivity contribution in [2.75, 3.05) is 7.11 Å². The molecular formula is C12H20O4. The number of carbonyl (C=O) groups is 2. The molecule has 0 amide bonds. The van der Waals surface area contributed by atoms with Gasteiger partial charge in [-0.1, -0.05) is 6.92 Å². The number of hydrogen-bond donors (Lipinski definition) is 1. The number of carboxylic acids is 1. The van der Waals surface area contributed by atoms with Crippen molar-refractivity contribution in [3.05, 3.63) is 0 Å². The van der Waals surface area contributed by atoms with Crippen molar-refractivity contribution >= 4 is 11.9 Å². The molecule has 0 aromatic carbocycles. The molecule has 1 aliphatic rings. The zero-order valence-corrected chi connectivity index (χ0v) is 9.94. The molecule has 1 aliphatic carbocycles. The number of esters is 1. The average Bonchev–Trinajstić information content (AvgIpc) is 2.99. The fraction of sp³-hybridized carbons (Fsp3) is 0.833. The van der Waals surface area contributed by atoms with Gasteiger partial charge >= 0.3 is 11.9 Å². The second-order valence-corrected chi connectivity index (χ2v) is 4.79. The summed E-state index contributed by atoms with van der Waals surface area (Å²) in [7, 11) is 1.34. The zero-order chi connectivity index (χ0) is 12.1. The summed E-state index contributed by atoms with van der Waals surface area (Å²) >= 11 is 0. The minimum absolute atomic E-state index is 0.0617. The number of rotatable bonds is 7. The van der Waals surface area contributed by atoms with Gasteiger partial charge in [-0.25, -0.2) is 0 Å². The van der Waals surface area contributed by atoms with E-state index in [1.54, 1.807) is 0 Å². The lowest BCUT2D eigenvalue weighted by Gasteiger charge is -2.18. The van der Waals surface area contributed by atoms with Gasteiger partial charge in [-0.05, 0) is 37.0 Å². The van der Waals surface area contributed by atoms with E-state index < -0.39 is 5.97 Å². The number of ether oxygens (including phenoxy) is 1. The Balaban J connectivity index is 2.41. The van der Waals surface area contributed by atoms with Gasteiger partial charge in [-0.3, -0.25) is 9.59 Å². The lowest BCUT2D eigenvalue weighted by atomic mass is 9.88. The fourth-order valence-corrected chi connectivity index (χ4v) is 2.19. The lowest BCUT2D eigenvalue weighted by molar-refractivity contribution is -0.143. The molecule has 0 bridgehead atoms. The summed E-state index contributed by atoms with van der Waals surface area (Å²) in [5, 5.41) is 8.78. The number of aliphatic carboxylic acids is 1. The Labute approximate surface area is 96.0 Å². The predicted octanol–water partition coefficient (Wildman–Crippen LogP) is 2.08. The summed E-state index contributed by atoms with van der Waals surface area (Å²) in [6, 6.07) is 0. The Hall–Kier alpha value is -1.06. The highest BCUT2D eigenvalue weighted by atomic mass is 16.5. The molecule has 4 nitrogen and oxygen atoms in total. The van der Waals surface area contributed by atoms with Crippen LogP contribution in [0.4, 0.5) is 0 Å². The number of carboxylic acid groups (broad SMARTS) is 1. The Morgan fingerprint density at radius 2 is 2.00 bits per heavy atom. The van der Waals surface area contributed by atoms with Crippen LogP contribution in [-0.2, 0) is 14.3 Å². The van der Waals surface area contributed by atoms with Crippen molar-refractivity contribution in [3.63, 3.8) is 0 Å². The van der Waals surface area contributed by atoms with E-state index in [1.165, 1.54) is 20.0 Å². The van der Waals surface area contributed by atoms with E-state index in [9.17, 15) is 9.59 Å². The van der Waals surface area contributed by atoms with E-state index in [0.29, 0.717) is 5.92 Å². The van der Waals surface area contributed by atoms with Crippen LogP contribution in [0.1, 0.15) is 39.0 Å². The smallest absolute Gasteiger partial charge is 0.305 e. The monoisotopic (exact) mass is 228 g/mol. The first-order chi connectivity index (χ1) is 7.52. The van der Waals surface area contributed by atoms with E-state index >= 15 is 0 Å².